The highest BCUT2D eigenvalue weighted by atomic mass is 16.2. The first-order chi connectivity index (χ1) is 8.18. The molecule has 0 saturated heterocycles. The minimum Gasteiger partial charge on any atom is -0.341 e. The zero-order valence-electron chi connectivity index (χ0n) is 12.4. The Bertz CT molecular complexity index is 299. The van der Waals surface area contributed by atoms with Gasteiger partial charge in [-0.2, -0.15) is 5.26 Å². The first-order valence-corrected chi connectivity index (χ1v) is 6.58. The molecule has 1 amide bonds. The maximum Gasteiger partial charge on any atom is 0.224 e. The molecule has 0 aromatic rings. The van der Waals surface area contributed by atoms with E-state index in [4.69, 9.17) is 11.0 Å². The van der Waals surface area contributed by atoms with E-state index >= 15 is 0 Å². The molecule has 1 atom stereocenters. The van der Waals surface area contributed by atoms with Crippen LogP contribution in [-0.2, 0) is 4.79 Å². The lowest BCUT2D eigenvalue weighted by molar-refractivity contribution is -0.132. The van der Waals surface area contributed by atoms with Gasteiger partial charge in [0.2, 0.25) is 5.91 Å². The number of hydrogen-bond acceptors (Lipinski definition) is 3. The van der Waals surface area contributed by atoms with E-state index in [0.717, 1.165) is 0 Å². The maximum atomic E-state index is 12.2. The van der Waals surface area contributed by atoms with E-state index in [2.05, 4.69) is 19.9 Å². The number of hydrogen-bond donors (Lipinski definition) is 1. The van der Waals surface area contributed by atoms with Crippen molar-refractivity contribution in [2.24, 2.45) is 17.1 Å². The van der Waals surface area contributed by atoms with Gasteiger partial charge in [-0.25, -0.2) is 0 Å². The molecule has 0 aliphatic rings. The topological polar surface area (TPSA) is 70.1 Å². The van der Waals surface area contributed by atoms with Crippen molar-refractivity contribution in [1.82, 2.24) is 4.90 Å². The Balaban J connectivity index is 4.51. The average Bonchev–Trinajstić information content (AvgIpc) is 2.22. The summed E-state index contributed by atoms with van der Waals surface area (Å²) in [6, 6.07) is 1.93. The normalized spacial score (nSPS) is 13.2. The van der Waals surface area contributed by atoms with Crippen LogP contribution in [0.5, 0.6) is 0 Å². The van der Waals surface area contributed by atoms with Crippen molar-refractivity contribution < 1.29 is 4.79 Å². The van der Waals surface area contributed by atoms with Gasteiger partial charge in [0.15, 0.2) is 0 Å². The average molecular weight is 253 g/mol. The van der Waals surface area contributed by atoms with Gasteiger partial charge in [-0.15, -0.1) is 0 Å². The van der Waals surface area contributed by atoms with Crippen LogP contribution < -0.4 is 5.73 Å². The summed E-state index contributed by atoms with van der Waals surface area (Å²) < 4.78 is 0. The molecule has 1 unspecified atom stereocenters. The van der Waals surface area contributed by atoms with Crippen molar-refractivity contribution in [3.63, 3.8) is 0 Å². The molecule has 0 aliphatic carbocycles. The summed E-state index contributed by atoms with van der Waals surface area (Å²) in [6.07, 6.45) is 0.727. The van der Waals surface area contributed by atoms with E-state index in [0.29, 0.717) is 31.8 Å². The molecule has 2 N–H and O–H groups in total. The molecular weight excluding hydrogens is 226 g/mol. The third kappa shape index (κ3) is 6.61. The van der Waals surface area contributed by atoms with Gasteiger partial charge >= 0.3 is 0 Å². The Morgan fingerprint density at radius 3 is 2.33 bits per heavy atom. The Morgan fingerprint density at radius 2 is 1.94 bits per heavy atom. The van der Waals surface area contributed by atoms with E-state index in [1.54, 1.807) is 4.90 Å². The number of nitrogens with two attached hydrogens (primary N) is 1. The first kappa shape index (κ1) is 16.9. The van der Waals surface area contributed by atoms with Crippen molar-refractivity contribution >= 4 is 5.91 Å². The Kier molecular flexibility index (Phi) is 6.93. The minimum atomic E-state index is -0.151. The summed E-state index contributed by atoms with van der Waals surface area (Å²) in [5.41, 5.74) is 5.96. The molecule has 18 heavy (non-hydrogen) atoms. The molecule has 0 radical (unpaired) electrons. The van der Waals surface area contributed by atoms with Gasteiger partial charge in [0, 0.05) is 25.6 Å². The summed E-state index contributed by atoms with van der Waals surface area (Å²) >= 11 is 0. The Labute approximate surface area is 111 Å². The van der Waals surface area contributed by atoms with Gasteiger partial charge in [-0.3, -0.25) is 4.79 Å². The fraction of sp³-hybridized carbons (Fsp3) is 0.857. The zero-order valence-corrected chi connectivity index (χ0v) is 12.4. The summed E-state index contributed by atoms with van der Waals surface area (Å²) in [7, 11) is 0. The van der Waals surface area contributed by atoms with E-state index in [1.807, 2.05) is 20.8 Å². The van der Waals surface area contributed by atoms with Gasteiger partial charge in [-0.1, -0.05) is 34.6 Å². The van der Waals surface area contributed by atoms with Crippen molar-refractivity contribution in [2.75, 3.05) is 13.1 Å². The molecule has 0 aromatic carbocycles. The molecular formula is C14H27N3O. The number of carbonyl (C=O) groups is 1. The van der Waals surface area contributed by atoms with Crippen molar-refractivity contribution in [3.8, 4) is 6.07 Å². The van der Waals surface area contributed by atoms with Crippen LogP contribution in [0.4, 0.5) is 0 Å². The molecule has 0 aromatic heterocycles. The lowest BCUT2D eigenvalue weighted by Gasteiger charge is -2.30. The molecule has 0 spiro atoms. The highest BCUT2D eigenvalue weighted by molar-refractivity contribution is 5.77. The standard InChI is InChI=1S/C14H27N3O/c1-11(2)10-17(8-6-7-15)13(18)9-12(16)14(3,4)5/h11-12H,6,8-10,16H2,1-5H3. The molecule has 0 rings (SSSR count). The van der Waals surface area contributed by atoms with Crippen molar-refractivity contribution in [1.29, 1.82) is 5.26 Å². The number of rotatable bonds is 6. The highest BCUT2D eigenvalue weighted by Crippen LogP contribution is 2.20. The Hall–Kier alpha value is -1.08. The predicted molar refractivity (Wildman–Crippen MR) is 73.7 cm³/mol. The lowest BCUT2D eigenvalue weighted by atomic mass is 9.85. The van der Waals surface area contributed by atoms with E-state index < -0.39 is 0 Å². The molecule has 0 fully saturated rings. The van der Waals surface area contributed by atoms with Gasteiger partial charge in [0.25, 0.3) is 0 Å². The summed E-state index contributed by atoms with van der Waals surface area (Å²) in [4.78, 5) is 13.9. The van der Waals surface area contributed by atoms with Crippen molar-refractivity contribution in [3.05, 3.63) is 0 Å². The largest absolute Gasteiger partial charge is 0.341 e. The van der Waals surface area contributed by atoms with Crippen LogP contribution >= 0.6 is 0 Å². The van der Waals surface area contributed by atoms with Gasteiger partial charge in [0.1, 0.15) is 0 Å². The molecule has 0 bridgehead atoms. The van der Waals surface area contributed by atoms with Crippen LogP contribution in [0.3, 0.4) is 0 Å². The van der Waals surface area contributed by atoms with Gasteiger partial charge < -0.3 is 10.6 Å². The Morgan fingerprint density at radius 1 is 1.39 bits per heavy atom. The van der Waals surface area contributed by atoms with Crippen molar-refractivity contribution in [2.45, 2.75) is 53.5 Å². The minimum absolute atomic E-state index is 0.0568. The lowest BCUT2D eigenvalue weighted by Crippen LogP contribution is -2.43. The molecule has 0 aliphatic heterocycles. The van der Waals surface area contributed by atoms with Crippen LogP contribution in [0.1, 0.15) is 47.5 Å². The SMILES string of the molecule is CC(C)CN(CCC#N)C(=O)CC(N)C(C)(C)C. The summed E-state index contributed by atoms with van der Waals surface area (Å²) in [5, 5.41) is 8.63. The molecule has 0 heterocycles. The number of carbonyl (C=O) groups excluding carboxylic acids is 1. The zero-order chi connectivity index (χ0) is 14.3. The third-order valence-corrected chi connectivity index (χ3v) is 2.94. The molecule has 104 valence electrons. The molecule has 4 nitrogen and oxygen atoms in total. The number of nitrogens with zero attached hydrogens (tertiary/aromatic N) is 2. The molecule has 0 saturated carbocycles. The van der Waals surface area contributed by atoms with Crippen LogP contribution in [-0.4, -0.2) is 29.9 Å². The van der Waals surface area contributed by atoms with E-state index in [9.17, 15) is 4.79 Å². The predicted octanol–water partition coefficient (Wildman–Crippen LogP) is 2.15. The first-order valence-electron chi connectivity index (χ1n) is 6.58. The van der Waals surface area contributed by atoms with Crippen LogP contribution in [0.25, 0.3) is 0 Å². The van der Waals surface area contributed by atoms with Gasteiger partial charge in [0.05, 0.1) is 12.5 Å². The smallest absolute Gasteiger partial charge is 0.224 e. The quantitative estimate of drug-likeness (QED) is 0.788. The monoisotopic (exact) mass is 253 g/mol. The van der Waals surface area contributed by atoms with Crippen LogP contribution in [0.2, 0.25) is 0 Å². The second-order valence-electron chi connectivity index (χ2n) is 6.32. The number of amides is 1. The van der Waals surface area contributed by atoms with Gasteiger partial charge in [-0.05, 0) is 11.3 Å². The van der Waals surface area contributed by atoms with E-state index in [-0.39, 0.29) is 17.4 Å². The third-order valence-electron chi connectivity index (χ3n) is 2.94. The van der Waals surface area contributed by atoms with E-state index in [1.165, 1.54) is 0 Å². The van der Waals surface area contributed by atoms with Crippen LogP contribution in [0.15, 0.2) is 0 Å². The second-order valence-corrected chi connectivity index (χ2v) is 6.32. The summed E-state index contributed by atoms with van der Waals surface area (Å²) in [6.45, 7) is 11.4. The highest BCUT2D eigenvalue weighted by Gasteiger charge is 2.25. The fourth-order valence-corrected chi connectivity index (χ4v) is 1.57. The molecule has 4 heteroatoms. The fourth-order valence-electron chi connectivity index (χ4n) is 1.57. The van der Waals surface area contributed by atoms with Crippen LogP contribution in [0, 0.1) is 22.7 Å². The maximum absolute atomic E-state index is 12.2. The second kappa shape index (κ2) is 7.38. The number of nitriles is 1. The summed E-state index contributed by atoms with van der Waals surface area (Å²) in [5.74, 6) is 0.458.